The Kier molecular flexibility index (Phi) is 5.50. The molecule has 1 saturated heterocycles. The molecule has 1 amide bonds. The van der Waals surface area contributed by atoms with Crippen molar-refractivity contribution in [3.05, 3.63) is 59.1 Å². The van der Waals surface area contributed by atoms with Crippen LogP contribution in [0.2, 0.25) is 5.02 Å². The molecule has 0 spiro atoms. The van der Waals surface area contributed by atoms with E-state index in [1.807, 2.05) is 0 Å². The summed E-state index contributed by atoms with van der Waals surface area (Å²) in [5, 5.41) is 0.426. The van der Waals surface area contributed by atoms with Crippen molar-refractivity contribution in [3.8, 4) is 0 Å². The van der Waals surface area contributed by atoms with Crippen molar-refractivity contribution in [2.24, 2.45) is 5.73 Å². The first-order valence-electron chi connectivity index (χ1n) is 8.28. The summed E-state index contributed by atoms with van der Waals surface area (Å²) in [4.78, 5) is 14.4. The lowest BCUT2D eigenvalue weighted by atomic mass is 10.1. The number of carbonyl (C=O) groups is 1. The number of amides is 1. The van der Waals surface area contributed by atoms with E-state index in [4.69, 9.17) is 17.3 Å². The highest BCUT2D eigenvalue weighted by Crippen LogP contribution is 2.21. The molecule has 0 bridgehead atoms. The molecular formula is C18H20ClN3O3S. The molecule has 1 unspecified atom stereocenters. The monoisotopic (exact) mass is 393 g/mol. The second kappa shape index (κ2) is 7.65. The fourth-order valence-electron chi connectivity index (χ4n) is 2.94. The van der Waals surface area contributed by atoms with E-state index >= 15 is 0 Å². The molecule has 0 radical (unpaired) electrons. The Bertz CT molecular complexity index is 917. The Morgan fingerprint density at radius 1 is 1.19 bits per heavy atom. The fourth-order valence-corrected chi connectivity index (χ4v) is 4.22. The van der Waals surface area contributed by atoms with Gasteiger partial charge in [0, 0.05) is 29.7 Å². The highest BCUT2D eigenvalue weighted by atomic mass is 35.5. The van der Waals surface area contributed by atoms with Gasteiger partial charge < -0.3 is 10.6 Å². The highest BCUT2D eigenvalue weighted by Gasteiger charge is 2.24. The first kappa shape index (κ1) is 18.7. The lowest BCUT2D eigenvalue weighted by Gasteiger charge is -2.30. The summed E-state index contributed by atoms with van der Waals surface area (Å²) in [6.07, 6.45) is 1.74. The quantitative estimate of drug-likeness (QED) is 0.835. The maximum Gasteiger partial charge on any atom is 0.261 e. The second-order valence-electron chi connectivity index (χ2n) is 6.30. The molecule has 1 atom stereocenters. The number of benzene rings is 2. The van der Waals surface area contributed by atoms with E-state index < -0.39 is 10.0 Å². The van der Waals surface area contributed by atoms with Crippen LogP contribution in [0, 0.1) is 0 Å². The van der Waals surface area contributed by atoms with E-state index in [-0.39, 0.29) is 16.8 Å². The van der Waals surface area contributed by atoms with Crippen molar-refractivity contribution in [2.45, 2.75) is 23.8 Å². The van der Waals surface area contributed by atoms with Crippen LogP contribution >= 0.6 is 11.6 Å². The van der Waals surface area contributed by atoms with Crippen molar-refractivity contribution in [1.29, 1.82) is 0 Å². The van der Waals surface area contributed by atoms with Crippen molar-refractivity contribution >= 4 is 33.2 Å². The van der Waals surface area contributed by atoms with Crippen LogP contribution in [0.25, 0.3) is 0 Å². The Labute approximate surface area is 158 Å². The molecule has 26 heavy (non-hydrogen) atoms. The normalized spacial score (nSPS) is 17.8. The van der Waals surface area contributed by atoms with Gasteiger partial charge in [0.25, 0.3) is 15.9 Å². The summed E-state index contributed by atoms with van der Waals surface area (Å²) in [6, 6.07) is 12.4. The number of sulfonamides is 1. The van der Waals surface area contributed by atoms with Crippen molar-refractivity contribution < 1.29 is 13.2 Å². The van der Waals surface area contributed by atoms with Gasteiger partial charge in [-0.25, -0.2) is 8.42 Å². The second-order valence-corrected chi connectivity index (χ2v) is 8.42. The molecule has 3 rings (SSSR count). The number of nitrogens with one attached hydrogen (secondary N) is 1. The van der Waals surface area contributed by atoms with Gasteiger partial charge in [0.15, 0.2) is 0 Å². The zero-order chi connectivity index (χ0) is 18.7. The Hall–Kier alpha value is -2.09. The van der Waals surface area contributed by atoms with Crippen LogP contribution in [0.1, 0.15) is 23.2 Å². The average molecular weight is 394 g/mol. The molecule has 8 heteroatoms. The molecule has 1 aliphatic rings. The number of nitrogens with two attached hydrogens (primary N) is 1. The van der Waals surface area contributed by atoms with E-state index in [1.54, 1.807) is 35.2 Å². The highest BCUT2D eigenvalue weighted by molar-refractivity contribution is 7.92. The molecule has 1 heterocycles. The molecular weight excluding hydrogens is 374 g/mol. The minimum absolute atomic E-state index is 0.0182. The Balaban J connectivity index is 1.83. The zero-order valence-corrected chi connectivity index (χ0v) is 15.6. The maximum atomic E-state index is 12.7. The van der Waals surface area contributed by atoms with Crippen LogP contribution in [0.3, 0.4) is 0 Å². The molecule has 2 aromatic carbocycles. The summed E-state index contributed by atoms with van der Waals surface area (Å²) in [5.74, 6) is -0.208. The predicted molar refractivity (Wildman–Crippen MR) is 102 cm³/mol. The average Bonchev–Trinajstić information content (AvgIpc) is 2.61. The summed E-state index contributed by atoms with van der Waals surface area (Å²) < 4.78 is 27.7. The van der Waals surface area contributed by atoms with Gasteiger partial charge in [-0.2, -0.15) is 0 Å². The molecule has 0 saturated carbocycles. The topological polar surface area (TPSA) is 92.5 Å². The van der Waals surface area contributed by atoms with Gasteiger partial charge in [-0.15, -0.1) is 0 Å². The van der Waals surface area contributed by atoms with Crippen LogP contribution in [0.5, 0.6) is 0 Å². The number of rotatable bonds is 4. The molecule has 1 fully saturated rings. The number of hydrogen-bond acceptors (Lipinski definition) is 4. The smallest absolute Gasteiger partial charge is 0.261 e. The summed E-state index contributed by atoms with van der Waals surface area (Å²) >= 11 is 5.89. The van der Waals surface area contributed by atoms with Crippen LogP contribution in [-0.2, 0) is 10.0 Å². The van der Waals surface area contributed by atoms with Crippen LogP contribution in [0.4, 0.5) is 5.69 Å². The van der Waals surface area contributed by atoms with E-state index in [1.165, 1.54) is 18.2 Å². The molecule has 6 nitrogen and oxygen atoms in total. The minimum Gasteiger partial charge on any atom is -0.337 e. The van der Waals surface area contributed by atoms with Gasteiger partial charge in [-0.1, -0.05) is 23.7 Å². The third-order valence-electron chi connectivity index (χ3n) is 4.21. The third kappa shape index (κ3) is 4.35. The van der Waals surface area contributed by atoms with Crippen LogP contribution in [0.15, 0.2) is 53.4 Å². The SMILES string of the molecule is NC1CCCN(C(=O)c2cccc(S(=O)(=O)Nc3cccc(Cl)c3)c2)C1. The molecule has 1 aliphatic heterocycles. The van der Waals surface area contributed by atoms with E-state index in [9.17, 15) is 13.2 Å². The standard InChI is InChI=1S/C18H20ClN3O3S/c19-14-5-2-7-16(11-14)21-26(24,25)17-8-1-4-13(10-17)18(23)22-9-3-6-15(20)12-22/h1-2,4-5,7-8,10-11,15,21H,3,6,9,12,20H2. The largest absolute Gasteiger partial charge is 0.337 e. The van der Waals surface area contributed by atoms with Crippen molar-refractivity contribution in [1.82, 2.24) is 4.90 Å². The van der Waals surface area contributed by atoms with Gasteiger partial charge in [-0.3, -0.25) is 9.52 Å². The Morgan fingerprint density at radius 3 is 2.69 bits per heavy atom. The lowest BCUT2D eigenvalue weighted by Crippen LogP contribution is -2.45. The van der Waals surface area contributed by atoms with Gasteiger partial charge in [0.05, 0.1) is 10.6 Å². The first-order chi connectivity index (χ1) is 12.3. The number of nitrogens with zero attached hydrogens (tertiary/aromatic N) is 1. The van der Waals surface area contributed by atoms with Gasteiger partial charge >= 0.3 is 0 Å². The van der Waals surface area contributed by atoms with E-state index in [2.05, 4.69) is 4.72 Å². The number of piperidine rings is 1. The van der Waals surface area contributed by atoms with Crippen molar-refractivity contribution in [3.63, 3.8) is 0 Å². The number of likely N-dealkylation sites (tertiary alicyclic amines) is 1. The fraction of sp³-hybridized carbons (Fsp3) is 0.278. The third-order valence-corrected chi connectivity index (χ3v) is 5.83. The van der Waals surface area contributed by atoms with Gasteiger partial charge in [0.1, 0.15) is 0 Å². The molecule has 138 valence electrons. The molecule has 0 aliphatic carbocycles. The predicted octanol–water partition coefficient (Wildman–Crippen LogP) is 2.70. The number of halogens is 1. The maximum absolute atomic E-state index is 12.7. The van der Waals surface area contributed by atoms with Crippen LogP contribution < -0.4 is 10.5 Å². The minimum atomic E-state index is -3.83. The van der Waals surface area contributed by atoms with Crippen molar-refractivity contribution in [2.75, 3.05) is 17.8 Å². The zero-order valence-electron chi connectivity index (χ0n) is 14.1. The lowest BCUT2D eigenvalue weighted by molar-refractivity contribution is 0.0708. The molecule has 3 N–H and O–H groups in total. The number of hydrogen-bond donors (Lipinski definition) is 2. The number of carbonyl (C=O) groups excluding carboxylic acids is 1. The van der Waals surface area contributed by atoms with Crippen LogP contribution in [-0.4, -0.2) is 38.4 Å². The number of anilines is 1. The summed E-state index contributed by atoms with van der Waals surface area (Å²) in [7, 11) is -3.83. The Morgan fingerprint density at radius 2 is 1.96 bits per heavy atom. The van der Waals surface area contributed by atoms with E-state index in [0.29, 0.717) is 29.4 Å². The van der Waals surface area contributed by atoms with Gasteiger partial charge in [-0.05, 0) is 49.2 Å². The summed E-state index contributed by atoms with van der Waals surface area (Å²) in [6.45, 7) is 1.11. The molecule has 2 aromatic rings. The van der Waals surface area contributed by atoms with Gasteiger partial charge in [0.2, 0.25) is 0 Å². The summed E-state index contributed by atoms with van der Waals surface area (Å²) in [5.41, 5.74) is 6.61. The molecule has 0 aromatic heterocycles. The first-order valence-corrected chi connectivity index (χ1v) is 10.1. The van der Waals surface area contributed by atoms with E-state index in [0.717, 1.165) is 12.8 Å².